The number of carbonyl (C=O) groups is 2. The molecule has 1 fully saturated rings. The van der Waals surface area contributed by atoms with Crippen molar-refractivity contribution in [1.29, 1.82) is 0 Å². The monoisotopic (exact) mass is 312 g/mol. The molecule has 1 aromatic rings. The van der Waals surface area contributed by atoms with Gasteiger partial charge in [-0.15, -0.1) is 0 Å². The molecule has 2 amide bonds. The predicted octanol–water partition coefficient (Wildman–Crippen LogP) is 0.740. The van der Waals surface area contributed by atoms with Crippen LogP contribution in [0.25, 0.3) is 0 Å². The minimum absolute atomic E-state index is 0.0164. The van der Waals surface area contributed by atoms with Gasteiger partial charge >= 0.3 is 0 Å². The molecule has 0 aliphatic carbocycles. The van der Waals surface area contributed by atoms with E-state index in [1.54, 1.807) is 25.5 Å². The Morgan fingerprint density at radius 3 is 3.00 bits per heavy atom. The highest BCUT2D eigenvalue weighted by molar-refractivity contribution is 7.08. The maximum absolute atomic E-state index is 12.1. The van der Waals surface area contributed by atoms with Crippen molar-refractivity contribution in [3.05, 3.63) is 22.4 Å². The molecular formula is C14H20N2O4S. The van der Waals surface area contributed by atoms with E-state index in [1.807, 2.05) is 5.38 Å². The van der Waals surface area contributed by atoms with E-state index in [1.165, 1.54) is 16.2 Å². The summed E-state index contributed by atoms with van der Waals surface area (Å²) in [6.45, 7) is 0.991. The maximum Gasteiger partial charge on any atom is 0.252 e. The second-order valence-corrected chi connectivity index (χ2v) is 5.87. The van der Waals surface area contributed by atoms with E-state index in [0.29, 0.717) is 25.2 Å². The molecule has 0 aromatic carbocycles. The summed E-state index contributed by atoms with van der Waals surface area (Å²) in [4.78, 5) is 25.1. The molecule has 6 nitrogen and oxygen atoms in total. The fourth-order valence-corrected chi connectivity index (χ4v) is 2.64. The third-order valence-electron chi connectivity index (χ3n) is 3.31. The van der Waals surface area contributed by atoms with Crippen LogP contribution in [0.4, 0.5) is 0 Å². The molecule has 0 saturated carbocycles. The first kappa shape index (κ1) is 15.9. The number of nitrogens with zero attached hydrogens (tertiary/aromatic N) is 1. The van der Waals surface area contributed by atoms with Gasteiger partial charge in [0, 0.05) is 31.6 Å². The molecular weight excluding hydrogens is 292 g/mol. The van der Waals surface area contributed by atoms with Crippen molar-refractivity contribution in [2.45, 2.75) is 18.6 Å². The van der Waals surface area contributed by atoms with Crippen molar-refractivity contribution in [3.63, 3.8) is 0 Å². The second-order valence-electron chi connectivity index (χ2n) is 5.09. The Morgan fingerprint density at radius 1 is 1.52 bits per heavy atom. The zero-order valence-electron chi connectivity index (χ0n) is 12.2. The summed E-state index contributed by atoms with van der Waals surface area (Å²) in [6.07, 6.45) is 0.459. The van der Waals surface area contributed by atoms with Gasteiger partial charge in [-0.2, -0.15) is 11.3 Å². The lowest BCUT2D eigenvalue weighted by atomic mass is 10.1. The zero-order chi connectivity index (χ0) is 15.2. The van der Waals surface area contributed by atoms with E-state index in [9.17, 15) is 9.59 Å². The Kier molecular flexibility index (Phi) is 5.72. The summed E-state index contributed by atoms with van der Waals surface area (Å²) in [5, 5.41) is 6.57. The van der Waals surface area contributed by atoms with Crippen molar-refractivity contribution in [3.8, 4) is 0 Å². The van der Waals surface area contributed by atoms with Gasteiger partial charge in [0.2, 0.25) is 5.91 Å². The molecule has 0 radical (unpaired) electrons. The molecule has 1 N–H and O–H groups in total. The highest BCUT2D eigenvalue weighted by Crippen LogP contribution is 2.14. The zero-order valence-corrected chi connectivity index (χ0v) is 13.0. The molecule has 116 valence electrons. The molecule has 1 aliphatic rings. The molecule has 2 rings (SSSR count). The van der Waals surface area contributed by atoms with E-state index in [-0.39, 0.29) is 30.6 Å². The van der Waals surface area contributed by atoms with Gasteiger partial charge in [-0.1, -0.05) is 0 Å². The summed E-state index contributed by atoms with van der Waals surface area (Å²) < 4.78 is 11.1. The average Bonchev–Trinajstić information content (AvgIpc) is 3.00. The first-order valence-corrected chi connectivity index (χ1v) is 7.74. The van der Waals surface area contributed by atoms with Gasteiger partial charge in [0.1, 0.15) is 6.61 Å². The lowest BCUT2D eigenvalue weighted by molar-refractivity contribution is -0.138. The molecule has 2 heterocycles. The lowest BCUT2D eigenvalue weighted by Gasteiger charge is -2.32. The Labute approximate surface area is 128 Å². The molecule has 1 saturated heterocycles. The number of hydrogen-bond acceptors (Lipinski definition) is 5. The number of ether oxygens (including phenoxy) is 2. The Bertz CT molecular complexity index is 475. The standard InChI is InChI=1S/C14H20N2O4S/c1-16(2)13(17)8-20-12-3-5-19-7-11(12)15-14(18)10-4-6-21-9-10/h4,6,9,11-12H,3,5,7-8H2,1-2H3,(H,15,18). The topological polar surface area (TPSA) is 67.9 Å². The van der Waals surface area contributed by atoms with Crippen LogP contribution in [0.5, 0.6) is 0 Å². The van der Waals surface area contributed by atoms with E-state index >= 15 is 0 Å². The first-order valence-electron chi connectivity index (χ1n) is 6.80. The van der Waals surface area contributed by atoms with Crippen LogP contribution < -0.4 is 5.32 Å². The average molecular weight is 312 g/mol. The number of rotatable bonds is 5. The summed E-state index contributed by atoms with van der Waals surface area (Å²) in [6, 6.07) is 1.54. The minimum Gasteiger partial charge on any atom is -0.379 e. The van der Waals surface area contributed by atoms with Crippen molar-refractivity contribution in [2.75, 3.05) is 33.9 Å². The molecule has 1 aliphatic heterocycles. The van der Waals surface area contributed by atoms with Gasteiger partial charge < -0.3 is 19.7 Å². The Balaban J connectivity index is 1.89. The summed E-state index contributed by atoms with van der Waals surface area (Å²) in [7, 11) is 3.37. The molecule has 0 bridgehead atoms. The van der Waals surface area contributed by atoms with E-state index < -0.39 is 0 Å². The van der Waals surface area contributed by atoms with E-state index in [0.717, 1.165) is 0 Å². The van der Waals surface area contributed by atoms with Gasteiger partial charge in [0.05, 0.1) is 18.8 Å². The van der Waals surface area contributed by atoms with Crippen LogP contribution in [0.15, 0.2) is 16.8 Å². The fraction of sp³-hybridized carbons (Fsp3) is 0.571. The molecule has 21 heavy (non-hydrogen) atoms. The van der Waals surface area contributed by atoms with Gasteiger partial charge in [-0.25, -0.2) is 0 Å². The largest absolute Gasteiger partial charge is 0.379 e. The van der Waals surface area contributed by atoms with Crippen molar-refractivity contribution >= 4 is 23.2 Å². The van der Waals surface area contributed by atoms with Gasteiger partial charge in [-0.3, -0.25) is 9.59 Å². The molecule has 2 unspecified atom stereocenters. The quantitative estimate of drug-likeness (QED) is 0.871. The number of thiophene rings is 1. The van der Waals surface area contributed by atoms with E-state index in [4.69, 9.17) is 9.47 Å². The smallest absolute Gasteiger partial charge is 0.252 e. The summed E-state index contributed by atoms with van der Waals surface area (Å²) in [5.74, 6) is -0.233. The highest BCUT2D eigenvalue weighted by Gasteiger charge is 2.29. The first-order chi connectivity index (χ1) is 10.1. The van der Waals surface area contributed by atoms with Crippen molar-refractivity contribution in [1.82, 2.24) is 10.2 Å². The third kappa shape index (κ3) is 4.52. The van der Waals surface area contributed by atoms with Crippen LogP contribution in [0, 0.1) is 0 Å². The van der Waals surface area contributed by atoms with Crippen molar-refractivity contribution < 1.29 is 19.1 Å². The van der Waals surface area contributed by atoms with Gasteiger partial charge in [0.15, 0.2) is 0 Å². The van der Waals surface area contributed by atoms with Gasteiger partial charge in [-0.05, 0) is 17.9 Å². The fourth-order valence-electron chi connectivity index (χ4n) is 2.01. The van der Waals surface area contributed by atoms with Crippen LogP contribution in [0.1, 0.15) is 16.8 Å². The molecule has 2 atom stereocenters. The Hall–Kier alpha value is -1.44. The van der Waals surface area contributed by atoms with Crippen LogP contribution in [0.3, 0.4) is 0 Å². The number of carbonyl (C=O) groups excluding carboxylic acids is 2. The summed E-state index contributed by atoms with van der Waals surface area (Å²) in [5.41, 5.74) is 0.633. The number of hydrogen-bond donors (Lipinski definition) is 1. The minimum atomic E-state index is -0.235. The van der Waals surface area contributed by atoms with Crippen LogP contribution in [-0.4, -0.2) is 62.8 Å². The van der Waals surface area contributed by atoms with Crippen LogP contribution in [-0.2, 0) is 14.3 Å². The highest BCUT2D eigenvalue weighted by atomic mass is 32.1. The second kappa shape index (κ2) is 7.53. The van der Waals surface area contributed by atoms with Crippen LogP contribution >= 0.6 is 11.3 Å². The number of nitrogens with one attached hydrogen (secondary N) is 1. The normalized spacial score (nSPS) is 21.8. The summed E-state index contributed by atoms with van der Waals surface area (Å²) >= 11 is 1.47. The van der Waals surface area contributed by atoms with Crippen LogP contribution in [0.2, 0.25) is 0 Å². The molecule has 0 spiro atoms. The molecule has 1 aromatic heterocycles. The SMILES string of the molecule is CN(C)C(=O)COC1CCOCC1NC(=O)c1ccsc1. The maximum atomic E-state index is 12.1. The number of amides is 2. The predicted molar refractivity (Wildman–Crippen MR) is 79.4 cm³/mol. The van der Waals surface area contributed by atoms with Crippen molar-refractivity contribution in [2.24, 2.45) is 0 Å². The van der Waals surface area contributed by atoms with Gasteiger partial charge in [0.25, 0.3) is 5.91 Å². The lowest BCUT2D eigenvalue weighted by Crippen LogP contribution is -2.51. The Morgan fingerprint density at radius 2 is 2.33 bits per heavy atom. The molecule has 7 heteroatoms. The third-order valence-corrected chi connectivity index (χ3v) is 4.00. The van der Waals surface area contributed by atoms with E-state index in [2.05, 4.69) is 5.32 Å². The number of likely N-dealkylation sites (N-methyl/N-ethyl adjacent to an activating group) is 1.